The second-order valence-corrected chi connectivity index (χ2v) is 9.32. The van der Waals surface area contributed by atoms with E-state index in [1.807, 2.05) is 6.07 Å². The zero-order chi connectivity index (χ0) is 20.9. The Morgan fingerprint density at radius 1 is 1.14 bits per heavy atom. The van der Waals surface area contributed by atoms with Crippen LogP contribution < -0.4 is 9.44 Å². The highest BCUT2D eigenvalue weighted by Gasteiger charge is 2.40. The number of amides is 1. The molecule has 2 atom stereocenters. The molecular formula is C20H31N3O5S. The first-order valence-corrected chi connectivity index (χ1v) is 11.6. The van der Waals surface area contributed by atoms with E-state index < -0.39 is 28.4 Å². The van der Waals surface area contributed by atoms with Crippen molar-refractivity contribution < 1.29 is 22.7 Å². The molecule has 0 bridgehead atoms. The number of nitrogens with zero attached hydrogens (tertiary/aromatic N) is 1. The lowest BCUT2D eigenvalue weighted by Gasteiger charge is -2.32. The molecule has 29 heavy (non-hydrogen) atoms. The van der Waals surface area contributed by atoms with Gasteiger partial charge in [0, 0.05) is 19.6 Å². The number of likely N-dealkylation sites (tertiary alicyclic amines) is 1. The van der Waals surface area contributed by atoms with Crippen molar-refractivity contribution in [2.75, 3.05) is 27.3 Å². The van der Waals surface area contributed by atoms with E-state index in [0.29, 0.717) is 18.9 Å². The summed E-state index contributed by atoms with van der Waals surface area (Å²) in [7, 11) is -0.924. The Bertz CT molecular complexity index is 766. The molecule has 2 aliphatic rings. The van der Waals surface area contributed by atoms with Crippen LogP contribution in [-0.2, 0) is 19.7 Å². The smallest absolute Gasteiger partial charge is 0.409 e. The summed E-state index contributed by atoms with van der Waals surface area (Å²) in [5, 5.41) is 0. The van der Waals surface area contributed by atoms with Crippen molar-refractivity contribution in [3.8, 4) is 0 Å². The molecule has 1 saturated carbocycles. The van der Waals surface area contributed by atoms with Crippen molar-refractivity contribution in [3.05, 3.63) is 35.9 Å². The highest BCUT2D eigenvalue weighted by Crippen LogP contribution is 2.34. The summed E-state index contributed by atoms with van der Waals surface area (Å²) in [6.07, 6.45) is 4.22. The average molecular weight is 426 g/mol. The van der Waals surface area contributed by atoms with Gasteiger partial charge >= 0.3 is 6.09 Å². The van der Waals surface area contributed by atoms with Crippen LogP contribution in [0.3, 0.4) is 0 Å². The van der Waals surface area contributed by atoms with Gasteiger partial charge in [0.15, 0.2) is 0 Å². The topological polar surface area (TPSA) is 97.0 Å². The monoisotopic (exact) mass is 425 g/mol. The summed E-state index contributed by atoms with van der Waals surface area (Å²) in [6, 6.07) is 9.74. The van der Waals surface area contributed by atoms with Gasteiger partial charge in [0.1, 0.15) is 0 Å². The van der Waals surface area contributed by atoms with Gasteiger partial charge in [0.25, 0.3) is 10.2 Å². The van der Waals surface area contributed by atoms with E-state index in [0.717, 1.165) is 25.7 Å². The number of nitrogens with one attached hydrogen (secondary N) is 2. The van der Waals surface area contributed by atoms with Gasteiger partial charge in [-0.15, -0.1) is 0 Å². The quantitative estimate of drug-likeness (QED) is 0.696. The largest absolute Gasteiger partial charge is 0.453 e. The Hall–Kier alpha value is -1.68. The number of hydrogen-bond donors (Lipinski definition) is 2. The summed E-state index contributed by atoms with van der Waals surface area (Å²) in [5.41, 5.74) is 1.38. The summed E-state index contributed by atoms with van der Waals surface area (Å²) in [6.45, 7) is 0.713. The zero-order valence-electron chi connectivity index (χ0n) is 17.0. The number of carbonyl (C=O) groups excluding carboxylic acids is 1. The highest BCUT2D eigenvalue weighted by molar-refractivity contribution is 7.87. The maximum atomic E-state index is 12.1. The minimum absolute atomic E-state index is 0.122. The van der Waals surface area contributed by atoms with Gasteiger partial charge in [-0.25, -0.2) is 9.52 Å². The molecule has 1 heterocycles. The molecule has 9 heteroatoms. The molecule has 1 amide bonds. The predicted octanol–water partition coefficient (Wildman–Crippen LogP) is 1.99. The first kappa shape index (κ1) is 22.0. The van der Waals surface area contributed by atoms with Gasteiger partial charge in [-0.05, 0) is 43.6 Å². The Labute approximate surface area is 173 Å². The Morgan fingerprint density at radius 3 is 2.45 bits per heavy atom. The van der Waals surface area contributed by atoms with Crippen LogP contribution >= 0.6 is 0 Å². The fourth-order valence-corrected chi connectivity index (χ4v) is 5.11. The van der Waals surface area contributed by atoms with Crippen molar-refractivity contribution in [3.63, 3.8) is 0 Å². The molecule has 162 valence electrons. The second kappa shape index (κ2) is 9.88. The third-order valence-corrected chi connectivity index (χ3v) is 7.13. The number of ether oxygens (including phenoxy) is 2. The van der Waals surface area contributed by atoms with E-state index in [4.69, 9.17) is 9.47 Å². The second-order valence-electron chi connectivity index (χ2n) is 7.67. The zero-order valence-corrected chi connectivity index (χ0v) is 17.9. The molecule has 2 N–H and O–H groups in total. The minimum atomic E-state index is -3.61. The molecule has 0 radical (unpaired) electrons. The number of benzene rings is 1. The fourth-order valence-electron chi connectivity index (χ4n) is 4.32. The average Bonchev–Trinajstić information content (AvgIpc) is 3.14. The van der Waals surface area contributed by atoms with Gasteiger partial charge in [-0.2, -0.15) is 13.1 Å². The van der Waals surface area contributed by atoms with Crippen molar-refractivity contribution >= 4 is 16.3 Å². The third kappa shape index (κ3) is 5.69. The molecule has 2 fully saturated rings. The number of carbonyl (C=O) groups is 1. The number of hydrogen-bond acceptors (Lipinski definition) is 5. The van der Waals surface area contributed by atoms with Crippen LogP contribution in [0.1, 0.15) is 43.6 Å². The maximum absolute atomic E-state index is 12.1. The third-order valence-electron chi connectivity index (χ3n) is 5.98. The van der Waals surface area contributed by atoms with Gasteiger partial charge in [-0.1, -0.05) is 30.3 Å². The van der Waals surface area contributed by atoms with Crippen LogP contribution in [0, 0.1) is 0 Å². The lowest BCUT2D eigenvalue weighted by atomic mass is 9.83. The van der Waals surface area contributed by atoms with Crippen LogP contribution in [0.25, 0.3) is 0 Å². The van der Waals surface area contributed by atoms with Crippen molar-refractivity contribution in [2.45, 2.75) is 56.2 Å². The van der Waals surface area contributed by atoms with E-state index in [1.54, 1.807) is 4.90 Å². The van der Waals surface area contributed by atoms with Gasteiger partial charge < -0.3 is 14.4 Å². The highest BCUT2D eigenvalue weighted by atomic mass is 32.2. The standard InChI is InChI=1S/C20H31N3O5S/c1-21-29(25,26)22-18-12-13-23(20(24)27-2)19(18)14-28-17-10-8-16(9-11-17)15-6-4-3-5-7-15/h3-7,16-19,21-22H,8-14H2,1-2H3. The molecule has 3 rings (SSSR count). The normalized spacial score (nSPS) is 27.7. The Kier molecular flexibility index (Phi) is 7.50. The fraction of sp³-hybridized carbons (Fsp3) is 0.650. The molecule has 1 saturated heterocycles. The van der Waals surface area contributed by atoms with Gasteiger partial charge in [0.2, 0.25) is 0 Å². The van der Waals surface area contributed by atoms with Crippen LogP contribution in [0.4, 0.5) is 4.79 Å². The van der Waals surface area contributed by atoms with Crippen molar-refractivity contribution in [1.82, 2.24) is 14.3 Å². The maximum Gasteiger partial charge on any atom is 0.409 e. The van der Waals surface area contributed by atoms with Crippen LogP contribution in [0.15, 0.2) is 30.3 Å². The van der Waals surface area contributed by atoms with Crippen molar-refractivity contribution in [1.29, 1.82) is 0 Å². The first-order chi connectivity index (χ1) is 13.9. The molecule has 8 nitrogen and oxygen atoms in total. The SMILES string of the molecule is CNS(=O)(=O)NC1CCN(C(=O)OC)C1COC1CCC(c2ccccc2)CC1. The Morgan fingerprint density at radius 2 is 1.83 bits per heavy atom. The summed E-state index contributed by atoms with van der Waals surface area (Å²) >= 11 is 0. The summed E-state index contributed by atoms with van der Waals surface area (Å²) in [4.78, 5) is 13.7. The van der Waals surface area contributed by atoms with Crippen LogP contribution in [-0.4, -0.2) is 64.9 Å². The number of rotatable bonds is 7. The Balaban J connectivity index is 1.56. The van der Waals surface area contributed by atoms with Gasteiger partial charge in [-0.3, -0.25) is 0 Å². The van der Waals surface area contributed by atoms with E-state index >= 15 is 0 Å². The van der Waals surface area contributed by atoms with E-state index in [1.165, 1.54) is 19.7 Å². The molecule has 2 unspecified atom stereocenters. The molecule has 1 aliphatic heterocycles. The molecule has 0 spiro atoms. The molecular weight excluding hydrogens is 394 g/mol. The van der Waals surface area contributed by atoms with E-state index in [-0.39, 0.29) is 12.7 Å². The van der Waals surface area contributed by atoms with Gasteiger partial charge in [0.05, 0.1) is 25.9 Å². The minimum Gasteiger partial charge on any atom is -0.453 e. The molecule has 0 aromatic heterocycles. The molecule has 1 aliphatic carbocycles. The van der Waals surface area contributed by atoms with E-state index in [9.17, 15) is 13.2 Å². The van der Waals surface area contributed by atoms with Crippen molar-refractivity contribution in [2.24, 2.45) is 0 Å². The first-order valence-electron chi connectivity index (χ1n) is 10.2. The van der Waals surface area contributed by atoms with E-state index in [2.05, 4.69) is 33.7 Å². The number of methoxy groups -OCH3 is 1. The lowest BCUT2D eigenvalue weighted by Crippen LogP contribution is -2.51. The molecule has 1 aromatic carbocycles. The predicted molar refractivity (Wildman–Crippen MR) is 110 cm³/mol. The molecule has 1 aromatic rings. The van der Waals surface area contributed by atoms with Crippen LogP contribution in [0.5, 0.6) is 0 Å². The summed E-state index contributed by atoms with van der Waals surface area (Å²) in [5.74, 6) is 0.560. The lowest BCUT2D eigenvalue weighted by molar-refractivity contribution is -0.00536. The van der Waals surface area contributed by atoms with Crippen LogP contribution in [0.2, 0.25) is 0 Å². The summed E-state index contributed by atoms with van der Waals surface area (Å²) < 4.78 is 39.7.